The molecule has 0 heterocycles. The number of unbranched alkanes of at least 4 members (excludes halogenated alkanes) is 4. The van der Waals surface area contributed by atoms with Crippen LogP contribution >= 0.6 is 23.2 Å². The average Bonchev–Trinajstić information content (AvgIpc) is 2.28. The summed E-state index contributed by atoms with van der Waals surface area (Å²) in [5, 5.41) is 4.56. The van der Waals surface area contributed by atoms with E-state index in [-0.39, 0.29) is 0 Å². The van der Waals surface area contributed by atoms with Crippen LogP contribution in [-0.4, -0.2) is 6.54 Å². The first-order valence-corrected chi connectivity index (χ1v) is 6.68. The second-order valence-electron chi connectivity index (χ2n) is 3.97. The Balaban J connectivity index is 2.19. The molecule has 0 aliphatic carbocycles. The minimum absolute atomic E-state index is 0.607. The fraction of sp³-hybridized carbons (Fsp3) is 0.538. The third-order valence-electron chi connectivity index (χ3n) is 2.53. The number of hydrogen-bond donors (Lipinski definition) is 1. The molecule has 0 atom stereocenters. The molecule has 0 saturated heterocycles. The lowest BCUT2D eigenvalue weighted by molar-refractivity contribution is 0.645. The zero-order valence-electron chi connectivity index (χ0n) is 9.73. The van der Waals surface area contributed by atoms with E-state index >= 15 is 0 Å². The molecule has 0 spiro atoms. The van der Waals surface area contributed by atoms with E-state index in [4.69, 9.17) is 23.2 Å². The van der Waals surface area contributed by atoms with Crippen LogP contribution in [0.2, 0.25) is 10.0 Å². The molecule has 1 nitrogen and oxygen atoms in total. The van der Waals surface area contributed by atoms with Crippen molar-refractivity contribution in [2.75, 3.05) is 11.9 Å². The minimum atomic E-state index is 0.607. The first-order valence-electron chi connectivity index (χ1n) is 5.93. The van der Waals surface area contributed by atoms with E-state index in [0.717, 1.165) is 12.2 Å². The number of benzene rings is 1. The van der Waals surface area contributed by atoms with Crippen LogP contribution in [-0.2, 0) is 0 Å². The van der Waals surface area contributed by atoms with Gasteiger partial charge in [0.15, 0.2) is 0 Å². The summed E-state index contributed by atoms with van der Waals surface area (Å²) in [4.78, 5) is 0. The van der Waals surface area contributed by atoms with Gasteiger partial charge in [0.05, 0.1) is 10.0 Å². The zero-order chi connectivity index (χ0) is 11.8. The second kappa shape index (κ2) is 7.81. The lowest BCUT2D eigenvalue weighted by atomic mass is 10.1. The highest BCUT2D eigenvalue weighted by Crippen LogP contribution is 2.24. The van der Waals surface area contributed by atoms with E-state index in [1.165, 1.54) is 32.1 Å². The maximum atomic E-state index is 5.92. The molecule has 16 heavy (non-hydrogen) atoms. The van der Waals surface area contributed by atoms with Crippen molar-refractivity contribution in [3.8, 4) is 0 Å². The highest BCUT2D eigenvalue weighted by molar-refractivity contribution is 6.42. The second-order valence-corrected chi connectivity index (χ2v) is 4.78. The van der Waals surface area contributed by atoms with Crippen LogP contribution in [0.25, 0.3) is 0 Å². The van der Waals surface area contributed by atoms with Gasteiger partial charge in [0.2, 0.25) is 0 Å². The van der Waals surface area contributed by atoms with Gasteiger partial charge in [-0.15, -0.1) is 0 Å². The summed E-state index contributed by atoms with van der Waals surface area (Å²) in [6.45, 7) is 3.23. The van der Waals surface area contributed by atoms with Crippen molar-refractivity contribution in [3.63, 3.8) is 0 Å². The molecule has 0 aliphatic rings. The summed E-state index contributed by atoms with van der Waals surface area (Å²) in [5.74, 6) is 0. The number of hydrogen-bond acceptors (Lipinski definition) is 1. The molecule has 0 unspecified atom stereocenters. The molecular weight excluding hydrogens is 241 g/mol. The van der Waals surface area contributed by atoms with Crippen molar-refractivity contribution in [2.45, 2.75) is 39.0 Å². The quantitative estimate of drug-likeness (QED) is 0.649. The third kappa shape index (κ3) is 5.09. The number of rotatable bonds is 7. The van der Waals surface area contributed by atoms with Crippen molar-refractivity contribution in [1.29, 1.82) is 0 Å². The Hall–Kier alpha value is -0.400. The van der Waals surface area contributed by atoms with E-state index in [0.29, 0.717) is 10.0 Å². The standard InChI is InChI=1S/C13H19Cl2N/c1-2-3-4-5-6-9-16-11-7-8-12(14)13(15)10-11/h7-8,10,16H,2-6,9H2,1H3. The number of halogens is 2. The van der Waals surface area contributed by atoms with Crippen LogP contribution in [0.1, 0.15) is 39.0 Å². The van der Waals surface area contributed by atoms with Gasteiger partial charge in [-0.1, -0.05) is 55.8 Å². The van der Waals surface area contributed by atoms with Gasteiger partial charge in [0, 0.05) is 12.2 Å². The van der Waals surface area contributed by atoms with Gasteiger partial charge in [0.25, 0.3) is 0 Å². The first-order chi connectivity index (χ1) is 7.74. The van der Waals surface area contributed by atoms with E-state index in [9.17, 15) is 0 Å². The van der Waals surface area contributed by atoms with Crippen molar-refractivity contribution in [2.24, 2.45) is 0 Å². The molecule has 0 aliphatic heterocycles. The van der Waals surface area contributed by atoms with E-state index < -0.39 is 0 Å². The molecule has 0 fully saturated rings. The Morgan fingerprint density at radius 2 is 1.75 bits per heavy atom. The SMILES string of the molecule is CCCCCCCNc1ccc(Cl)c(Cl)c1. The maximum Gasteiger partial charge on any atom is 0.0612 e. The van der Waals surface area contributed by atoms with Gasteiger partial charge in [0.1, 0.15) is 0 Å². The van der Waals surface area contributed by atoms with Gasteiger partial charge in [-0.3, -0.25) is 0 Å². The van der Waals surface area contributed by atoms with Crippen molar-refractivity contribution < 1.29 is 0 Å². The summed E-state index contributed by atoms with van der Waals surface area (Å²) in [6.07, 6.45) is 6.47. The summed E-state index contributed by atoms with van der Waals surface area (Å²) >= 11 is 11.8. The molecule has 1 rings (SSSR count). The molecule has 0 aromatic heterocycles. The largest absolute Gasteiger partial charge is 0.385 e. The van der Waals surface area contributed by atoms with Crippen LogP contribution in [0.4, 0.5) is 5.69 Å². The third-order valence-corrected chi connectivity index (χ3v) is 3.27. The molecular formula is C13H19Cl2N. The Labute approximate surface area is 108 Å². The smallest absolute Gasteiger partial charge is 0.0612 e. The van der Waals surface area contributed by atoms with E-state index in [1.54, 1.807) is 0 Å². The van der Waals surface area contributed by atoms with Gasteiger partial charge in [-0.2, -0.15) is 0 Å². The van der Waals surface area contributed by atoms with Crippen LogP contribution in [0.3, 0.4) is 0 Å². The molecule has 3 heteroatoms. The molecule has 1 N–H and O–H groups in total. The highest BCUT2D eigenvalue weighted by Gasteiger charge is 1.98. The summed E-state index contributed by atoms with van der Waals surface area (Å²) in [6, 6.07) is 5.65. The molecule has 0 amide bonds. The Kier molecular flexibility index (Phi) is 6.67. The predicted molar refractivity (Wildman–Crippen MR) is 73.7 cm³/mol. The van der Waals surface area contributed by atoms with Gasteiger partial charge in [-0.05, 0) is 24.6 Å². The summed E-state index contributed by atoms with van der Waals surface area (Å²) in [7, 11) is 0. The lowest BCUT2D eigenvalue weighted by Crippen LogP contribution is -2.01. The summed E-state index contributed by atoms with van der Waals surface area (Å²) < 4.78 is 0. The average molecular weight is 260 g/mol. The Morgan fingerprint density at radius 3 is 2.44 bits per heavy atom. The number of anilines is 1. The molecule has 1 aromatic rings. The zero-order valence-corrected chi connectivity index (χ0v) is 11.2. The van der Waals surface area contributed by atoms with Gasteiger partial charge in [-0.25, -0.2) is 0 Å². The van der Waals surface area contributed by atoms with Crippen LogP contribution < -0.4 is 5.32 Å². The van der Waals surface area contributed by atoms with E-state index in [2.05, 4.69) is 12.2 Å². The summed E-state index contributed by atoms with van der Waals surface area (Å²) in [5.41, 5.74) is 1.05. The molecule has 0 saturated carbocycles. The minimum Gasteiger partial charge on any atom is -0.385 e. The van der Waals surface area contributed by atoms with Gasteiger partial charge < -0.3 is 5.32 Å². The number of nitrogens with one attached hydrogen (secondary N) is 1. The van der Waals surface area contributed by atoms with Crippen LogP contribution in [0, 0.1) is 0 Å². The Bertz CT molecular complexity index is 313. The van der Waals surface area contributed by atoms with Crippen molar-refractivity contribution in [3.05, 3.63) is 28.2 Å². The first kappa shape index (κ1) is 13.7. The van der Waals surface area contributed by atoms with Gasteiger partial charge >= 0.3 is 0 Å². The maximum absolute atomic E-state index is 5.92. The fourth-order valence-corrected chi connectivity index (χ4v) is 1.87. The molecule has 0 bridgehead atoms. The molecule has 90 valence electrons. The van der Waals surface area contributed by atoms with Crippen molar-refractivity contribution >= 4 is 28.9 Å². The van der Waals surface area contributed by atoms with Crippen LogP contribution in [0.5, 0.6) is 0 Å². The topological polar surface area (TPSA) is 12.0 Å². The monoisotopic (exact) mass is 259 g/mol. The van der Waals surface area contributed by atoms with Crippen molar-refractivity contribution in [1.82, 2.24) is 0 Å². The van der Waals surface area contributed by atoms with Crippen LogP contribution in [0.15, 0.2) is 18.2 Å². The lowest BCUT2D eigenvalue weighted by Gasteiger charge is -2.07. The predicted octanol–water partition coefficient (Wildman–Crippen LogP) is 5.38. The fourth-order valence-electron chi connectivity index (χ4n) is 1.57. The molecule has 0 radical (unpaired) electrons. The van der Waals surface area contributed by atoms with E-state index in [1.807, 2.05) is 18.2 Å². The Morgan fingerprint density at radius 1 is 1.00 bits per heavy atom. The highest BCUT2D eigenvalue weighted by atomic mass is 35.5. The normalized spacial score (nSPS) is 10.4. The molecule has 1 aromatic carbocycles.